The first-order chi connectivity index (χ1) is 14.2. The summed E-state index contributed by atoms with van der Waals surface area (Å²) in [5.74, 6) is 0.895. The topological polar surface area (TPSA) is 80.0 Å². The zero-order valence-electron chi connectivity index (χ0n) is 15.9. The first-order valence-corrected chi connectivity index (χ1v) is 9.37. The zero-order chi connectivity index (χ0) is 20.1. The lowest BCUT2D eigenvalue weighted by Gasteiger charge is -2.08. The molecule has 0 aliphatic carbocycles. The lowest BCUT2D eigenvalue weighted by molar-refractivity contribution is 0.262. The van der Waals surface area contributed by atoms with Gasteiger partial charge in [0.1, 0.15) is 0 Å². The highest BCUT2D eigenvalue weighted by atomic mass is 16.4. The van der Waals surface area contributed by atoms with Crippen LogP contribution in [0.1, 0.15) is 12.5 Å². The first-order valence-electron chi connectivity index (χ1n) is 9.37. The number of carbonyl (C=O) groups is 1. The van der Waals surface area contributed by atoms with Gasteiger partial charge >= 0.3 is 6.03 Å². The maximum absolute atomic E-state index is 12.2. The standard InChI is InChI=1S/C23H20N4O2/c1-2-16-8-12-19(13-9-16)24-23(28)25-20-14-10-18(11-15-20)22-27-26-21(29-22)17-6-4-3-5-7-17/h3-15H,2H2,1H3,(H2,24,25,28). The van der Waals surface area contributed by atoms with Gasteiger partial charge in [0.05, 0.1) is 0 Å². The molecule has 1 aromatic heterocycles. The molecule has 0 spiro atoms. The van der Waals surface area contributed by atoms with Gasteiger partial charge < -0.3 is 15.1 Å². The predicted octanol–water partition coefficient (Wildman–Crippen LogP) is 5.61. The van der Waals surface area contributed by atoms with Crippen molar-refractivity contribution >= 4 is 17.4 Å². The van der Waals surface area contributed by atoms with E-state index >= 15 is 0 Å². The van der Waals surface area contributed by atoms with Crippen LogP contribution in [0.2, 0.25) is 0 Å². The van der Waals surface area contributed by atoms with Crippen molar-refractivity contribution in [2.75, 3.05) is 10.6 Å². The lowest BCUT2D eigenvalue weighted by Crippen LogP contribution is -2.19. The minimum absolute atomic E-state index is 0.300. The summed E-state index contributed by atoms with van der Waals surface area (Å²) in [5, 5.41) is 13.8. The Morgan fingerprint density at radius 3 is 1.83 bits per heavy atom. The number of nitrogens with one attached hydrogen (secondary N) is 2. The van der Waals surface area contributed by atoms with Gasteiger partial charge in [-0.1, -0.05) is 37.3 Å². The third-order valence-electron chi connectivity index (χ3n) is 4.46. The van der Waals surface area contributed by atoms with E-state index in [1.165, 1.54) is 5.56 Å². The van der Waals surface area contributed by atoms with Crippen LogP contribution >= 0.6 is 0 Å². The van der Waals surface area contributed by atoms with E-state index < -0.39 is 0 Å². The van der Waals surface area contributed by atoms with E-state index in [2.05, 4.69) is 27.8 Å². The third kappa shape index (κ3) is 4.50. The molecule has 0 atom stereocenters. The Morgan fingerprint density at radius 1 is 0.759 bits per heavy atom. The number of hydrogen-bond donors (Lipinski definition) is 2. The summed E-state index contributed by atoms with van der Waals surface area (Å²) in [4.78, 5) is 12.2. The third-order valence-corrected chi connectivity index (χ3v) is 4.46. The number of carbonyl (C=O) groups excluding carboxylic acids is 1. The molecular formula is C23H20N4O2. The highest BCUT2D eigenvalue weighted by Crippen LogP contribution is 2.24. The Bertz CT molecular complexity index is 1090. The number of anilines is 2. The van der Waals surface area contributed by atoms with Crippen molar-refractivity contribution < 1.29 is 9.21 Å². The maximum Gasteiger partial charge on any atom is 0.323 e. The number of urea groups is 1. The number of benzene rings is 3. The second-order valence-electron chi connectivity index (χ2n) is 6.49. The van der Waals surface area contributed by atoms with E-state index in [-0.39, 0.29) is 6.03 Å². The molecule has 29 heavy (non-hydrogen) atoms. The van der Waals surface area contributed by atoms with Gasteiger partial charge in [-0.3, -0.25) is 0 Å². The SMILES string of the molecule is CCc1ccc(NC(=O)Nc2ccc(-c3nnc(-c4ccccc4)o3)cc2)cc1. The van der Waals surface area contributed by atoms with E-state index in [0.717, 1.165) is 23.2 Å². The van der Waals surface area contributed by atoms with Gasteiger partial charge in [0.15, 0.2) is 0 Å². The number of rotatable bonds is 5. The van der Waals surface area contributed by atoms with Crippen LogP contribution in [0, 0.1) is 0 Å². The van der Waals surface area contributed by atoms with Crippen molar-refractivity contribution in [2.45, 2.75) is 13.3 Å². The molecule has 0 radical (unpaired) electrons. The number of nitrogens with zero attached hydrogens (tertiary/aromatic N) is 2. The van der Waals surface area contributed by atoms with Crippen molar-refractivity contribution in [2.24, 2.45) is 0 Å². The fraction of sp³-hybridized carbons (Fsp3) is 0.0870. The molecule has 6 heteroatoms. The van der Waals surface area contributed by atoms with E-state index in [1.54, 1.807) is 12.1 Å². The van der Waals surface area contributed by atoms with E-state index in [9.17, 15) is 4.79 Å². The molecule has 144 valence electrons. The van der Waals surface area contributed by atoms with Gasteiger partial charge in [-0.25, -0.2) is 4.79 Å². The number of hydrogen-bond acceptors (Lipinski definition) is 4. The zero-order valence-corrected chi connectivity index (χ0v) is 15.9. The Hall–Kier alpha value is -3.93. The molecule has 4 rings (SSSR count). The van der Waals surface area contributed by atoms with Crippen LogP contribution in [-0.4, -0.2) is 16.2 Å². The molecule has 2 N–H and O–H groups in total. The number of amides is 2. The van der Waals surface area contributed by atoms with Crippen molar-refractivity contribution in [3.63, 3.8) is 0 Å². The largest absolute Gasteiger partial charge is 0.416 e. The summed E-state index contributed by atoms with van der Waals surface area (Å²) in [6.45, 7) is 2.09. The van der Waals surface area contributed by atoms with Crippen LogP contribution in [-0.2, 0) is 6.42 Å². The summed E-state index contributed by atoms with van der Waals surface area (Å²) in [6, 6.07) is 24.3. The molecule has 0 aliphatic rings. The molecule has 2 amide bonds. The Morgan fingerprint density at radius 2 is 1.28 bits per heavy atom. The summed E-state index contributed by atoms with van der Waals surface area (Å²) in [7, 11) is 0. The minimum Gasteiger partial charge on any atom is -0.416 e. The summed E-state index contributed by atoms with van der Waals surface area (Å²) >= 11 is 0. The van der Waals surface area contributed by atoms with E-state index in [4.69, 9.17) is 4.42 Å². The average Bonchev–Trinajstić information content (AvgIpc) is 3.26. The van der Waals surface area contributed by atoms with Crippen molar-refractivity contribution in [1.82, 2.24) is 10.2 Å². The number of aromatic nitrogens is 2. The average molecular weight is 384 g/mol. The molecular weight excluding hydrogens is 364 g/mol. The summed E-state index contributed by atoms with van der Waals surface area (Å²) in [5.41, 5.74) is 4.28. The van der Waals surface area contributed by atoms with Gasteiger partial charge in [0.2, 0.25) is 11.8 Å². The maximum atomic E-state index is 12.2. The fourth-order valence-corrected chi connectivity index (χ4v) is 2.85. The smallest absolute Gasteiger partial charge is 0.323 e. The Labute approximate surface area is 168 Å². The van der Waals surface area contributed by atoms with Gasteiger partial charge in [0, 0.05) is 22.5 Å². The molecule has 3 aromatic carbocycles. The van der Waals surface area contributed by atoms with Gasteiger partial charge in [-0.05, 0) is 60.5 Å². The molecule has 4 aromatic rings. The van der Waals surface area contributed by atoms with Crippen LogP contribution in [0.5, 0.6) is 0 Å². The quantitative estimate of drug-likeness (QED) is 0.469. The van der Waals surface area contributed by atoms with Crippen molar-refractivity contribution in [3.8, 4) is 22.9 Å². The molecule has 0 bridgehead atoms. The van der Waals surface area contributed by atoms with E-state index in [1.807, 2.05) is 66.7 Å². The second kappa shape index (κ2) is 8.39. The monoisotopic (exact) mass is 384 g/mol. The Kier molecular flexibility index (Phi) is 5.33. The second-order valence-corrected chi connectivity index (χ2v) is 6.49. The molecule has 1 heterocycles. The van der Waals surface area contributed by atoms with Crippen LogP contribution in [0.4, 0.5) is 16.2 Å². The van der Waals surface area contributed by atoms with Crippen LogP contribution < -0.4 is 10.6 Å². The molecule has 6 nitrogen and oxygen atoms in total. The van der Waals surface area contributed by atoms with Crippen LogP contribution in [0.3, 0.4) is 0 Å². The normalized spacial score (nSPS) is 10.5. The molecule has 0 fully saturated rings. The summed E-state index contributed by atoms with van der Waals surface area (Å²) in [6.07, 6.45) is 0.964. The highest BCUT2D eigenvalue weighted by molar-refractivity contribution is 5.99. The van der Waals surface area contributed by atoms with Gasteiger partial charge in [-0.2, -0.15) is 0 Å². The predicted molar refractivity (Wildman–Crippen MR) is 114 cm³/mol. The summed E-state index contributed by atoms with van der Waals surface area (Å²) < 4.78 is 5.75. The van der Waals surface area contributed by atoms with Crippen LogP contribution in [0.15, 0.2) is 83.3 Å². The molecule has 0 unspecified atom stereocenters. The van der Waals surface area contributed by atoms with Crippen molar-refractivity contribution in [1.29, 1.82) is 0 Å². The van der Waals surface area contributed by atoms with E-state index in [0.29, 0.717) is 17.5 Å². The lowest BCUT2D eigenvalue weighted by atomic mass is 10.1. The van der Waals surface area contributed by atoms with Crippen molar-refractivity contribution in [3.05, 3.63) is 84.4 Å². The number of aryl methyl sites for hydroxylation is 1. The first kappa shape index (κ1) is 18.4. The minimum atomic E-state index is -0.300. The Balaban J connectivity index is 1.40. The van der Waals surface area contributed by atoms with Gasteiger partial charge in [0.25, 0.3) is 0 Å². The molecule has 0 aliphatic heterocycles. The molecule has 0 saturated heterocycles. The highest BCUT2D eigenvalue weighted by Gasteiger charge is 2.10. The van der Waals surface area contributed by atoms with Gasteiger partial charge in [-0.15, -0.1) is 10.2 Å². The fourth-order valence-electron chi connectivity index (χ4n) is 2.85. The molecule has 0 saturated carbocycles. The van der Waals surface area contributed by atoms with Crippen LogP contribution in [0.25, 0.3) is 22.9 Å².